The molecule has 190 valence electrons. The van der Waals surface area contributed by atoms with Gasteiger partial charge in [-0.25, -0.2) is 0 Å². The first kappa shape index (κ1) is 28.2. The Kier molecular flexibility index (Phi) is 15.7. The lowest BCUT2D eigenvalue weighted by Crippen LogP contribution is -2.46. The number of aryl methyl sites for hydroxylation is 1. The zero-order chi connectivity index (χ0) is 23.6. The molecule has 33 heavy (non-hydrogen) atoms. The van der Waals surface area contributed by atoms with Crippen LogP contribution in [0.15, 0.2) is 24.3 Å². The molecule has 6 heteroatoms. The number of hydrogen-bond donors (Lipinski definition) is 0. The molecular formula is C27H48N2O4. The first-order valence-corrected chi connectivity index (χ1v) is 13.0. The van der Waals surface area contributed by atoms with Crippen molar-refractivity contribution in [2.24, 2.45) is 5.92 Å². The number of ether oxygens (including phenoxy) is 4. The van der Waals surface area contributed by atoms with Gasteiger partial charge >= 0.3 is 0 Å². The van der Waals surface area contributed by atoms with Crippen LogP contribution in [0.5, 0.6) is 0 Å². The highest BCUT2D eigenvalue weighted by molar-refractivity contribution is 5.22. The molecule has 1 aliphatic rings. The van der Waals surface area contributed by atoms with Crippen LogP contribution in [0.2, 0.25) is 0 Å². The van der Waals surface area contributed by atoms with E-state index in [1.54, 1.807) is 0 Å². The third-order valence-corrected chi connectivity index (χ3v) is 6.04. The van der Waals surface area contributed by atoms with Crippen LogP contribution in [0.3, 0.4) is 0 Å². The summed E-state index contributed by atoms with van der Waals surface area (Å²) in [5, 5.41) is 0. The minimum absolute atomic E-state index is 0.611. The van der Waals surface area contributed by atoms with E-state index in [2.05, 4.69) is 54.8 Å². The van der Waals surface area contributed by atoms with Gasteiger partial charge in [-0.1, -0.05) is 45.0 Å². The molecule has 0 spiro atoms. The smallest absolute Gasteiger partial charge is 0.0701 e. The van der Waals surface area contributed by atoms with E-state index in [-0.39, 0.29) is 0 Å². The largest absolute Gasteiger partial charge is 0.379 e. The Balaban J connectivity index is 1.33. The maximum atomic E-state index is 5.74. The average molecular weight is 465 g/mol. The maximum absolute atomic E-state index is 5.74. The molecule has 6 nitrogen and oxygen atoms in total. The van der Waals surface area contributed by atoms with Gasteiger partial charge in [0.15, 0.2) is 0 Å². The standard InChI is InChI=1S/C27H48N2O4/c1-4-26-7-9-27(10-8-26)24-29-13-11-28(12-14-29)15-17-31-19-21-33-23-22-32-20-18-30-16-5-6-25(2)3/h7-10,25H,4-6,11-24H2,1-3H3. The van der Waals surface area contributed by atoms with E-state index < -0.39 is 0 Å². The van der Waals surface area contributed by atoms with Crippen molar-refractivity contribution in [2.75, 3.05) is 85.6 Å². The SMILES string of the molecule is CCc1ccc(CN2CCN(CCOCCOCCOCCOCCCC(C)C)CC2)cc1. The van der Waals surface area contributed by atoms with Crippen molar-refractivity contribution in [1.82, 2.24) is 9.80 Å². The Morgan fingerprint density at radius 3 is 1.70 bits per heavy atom. The third-order valence-electron chi connectivity index (χ3n) is 6.04. The monoisotopic (exact) mass is 464 g/mol. The van der Waals surface area contributed by atoms with Gasteiger partial charge in [-0.05, 0) is 36.3 Å². The fourth-order valence-electron chi connectivity index (χ4n) is 3.86. The van der Waals surface area contributed by atoms with Gasteiger partial charge < -0.3 is 18.9 Å². The molecule has 1 heterocycles. The summed E-state index contributed by atoms with van der Waals surface area (Å²) in [5.74, 6) is 0.751. The second-order valence-corrected chi connectivity index (χ2v) is 9.27. The highest BCUT2D eigenvalue weighted by atomic mass is 16.6. The molecule has 1 aromatic rings. The highest BCUT2D eigenvalue weighted by Crippen LogP contribution is 2.10. The fraction of sp³-hybridized carbons (Fsp3) is 0.778. The molecule has 1 aliphatic heterocycles. The molecule has 0 N–H and O–H groups in total. The van der Waals surface area contributed by atoms with Crippen molar-refractivity contribution < 1.29 is 18.9 Å². The lowest BCUT2D eigenvalue weighted by molar-refractivity contribution is -0.00564. The van der Waals surface area contributed by atoms with Crippen LogP contribution < -0.4 is 0 Å². The minimum atomic E-state index is 0.611. The molecular weight excluding hydrogens is 416 g/mol. The van der Waals surface area contributed by atoms with Crippen molar-refractivity contribution in [3.8, 4) is 0 Å². The molecule has 1 fully saturated rings. The molecule has 0 bridgehead atoms. The summed E-state index contributed by atoms with van der Waals surface area (Å²) in [7, 11) is 0. The van der Waals surface area contributed by atoms with Crippen LogP contribution in [0.25, 0.3) is 0 Å². The topological polar surface area (TPSA) is 43.4 Å². The van der Waals surface area contributed by atoms with Gasteiger partial charge in [-0.3, -0.25) is 9.80 Å². The van der Waals surface area contributed by atoms with Gasteiger partial charge in [0.2, 0.25) is 0 Å². The second-order valence-electron chi connectivity index (χ2n) is 9.27. The lowest BCUT2D eigenvalue weighted by atomic mass is 10.1. The molecule has 1 aromatic carbocycles. The number of hydrogen-bond acceptors (Lipinski definition) is 6. The summed E-state index contributed by atoms with van der Waals surface area (Å²) in [4.78, 5) is 5.05. The van der Waals surface area contributed by atoms with E-state index in [0.717, 1.165) is 71.2 Å². The fourth-order valence-corrected chi connectivity index (χ4v) is 3.86. The highest BCUT2D eigenvalue weighted by Gasteiger charge is 2.16. The molecule has 0 radical (unpaired) electrons. The molecule has 0 unspecified atom stereocenters. The second kappa shape index (κ2) is 18.3. The van der Waals surface area contributed by atoms with Crippen molar-refractivity contribution >= 4 is 0 Å². The van der Waals surface area contributed by atoms with Crippen LogP contribution in [0.1, 0.15) is 44.7 Å². The van der Waals surface area contributed by atoms with Gasteiger partial charge in [0, 0.05) is 45.9 Å². The lowest BCUT2D eigenvalue weighted by Gasteiger charge is -2.34. The van der Waals surface area contributed by atoms with Crippen LogP contribution in [0.4, 0.5) is 0 Å². The number of nitrogens with zero attached hydrogens (tertiary/aromatic N) is 2. The zero-order valence-corrected chi connectivity index (χ0v) is 21.4. The Morgan fingerprint density at radius 1 is 0.667 bits per heavy atom. The van der Waals surface area contributed by atoms with Crippen molar-refractivity contribution in [2.45, 2.75) is 46.6 Å². The summed E-state index contributed by atoms with van der Waals surface area (Å²) in [6.07, 6.45) is 3.46. The summed E-state index contributed by atoms with van der Waals surface area (Å²) in [6.45, 7) is 18.6. The van der Waals surface area contributed by atoms with E-state index in [1.807, 2.05) is 0 Å². The molecule has 2 rings (SSSR count). The van der Waals surface area contributed by atoms with Gasteiger partial charge in [0.05, 0.1) is 46.2 Å². The number of piperazine rings is 1. The zero-order valence-electron chi connectivity index (χ0n) is 21.4. The molecule has 0 amide bonds. The van der Waals surface area contributed by atoms with E-state index >= 15 is 0 Å². The Labute approximate surface area is 202 Å². The van der Waals surface area contributed by atoms with Crippen molar-refractivity contribution in [3.05, 3.63) is 35.4 Å². The van der Waals surface area contributed by atoms with E-state index in [9.17, 15) is 0 Å². The quantitative estimate of drug-likeness (QED) is 0.290. The van der Waals surface area contributed by atoms with Gasteiger partial charge in [-0.2, -0.15) is 0 Å². The van der Waals surface area contributed by atoms with Crippen LogP contribution in [-0.2, 0) is 31.9 Å². The van der Waals surface area contributed by atoms with E-state index in [0.29, 0.717) is 39.6 Å². The number of benzene rings is 1. The van der Waals surface area contributed by atoms with Crippen LogP contribution >= 0.6 is 0 Å². The number of rotatable bonds is 19. The molecule has 0 aliphatic carbocycles. The maximum Gasteiger partial charge on any atom is 0.0701 e. The van der Waals surface area contributed by atoms with E-state index in [4.69, 9.17) is 18.9 Å². The van der Waals surface area contributed by atoms with Gasteiger partial charge in [0.25, 0.3) is 0 Å². The summed E-state index contributed by atoms with van der Waals surface area (Å²) >= 11 is 0. The first-order chi connectivity index (χ1) is 16.2. The van der Waals surface area contributed by atoms with Crippen LogP contribution in [-0.4, -0.2) is 95.4 Å². The van der Waals surface area contributed by atoms with Crippen molar-refractivity contribution in [1.29, 1.82) is 0 Å². The van der Waals surface area contributed by atoms with Gasteiger partial charge in [-0.15, -0.1) is 0 Å². The van der Waals surface area contributed by atoms with Gasteiger partial charge in [0.1, 0.15) is 0 Å². The minimum Gasteiger partial charge on any atom is -0.379 e. The molecule has 0 saturated carbocycles. The molecule has 0 atom stereocenters. The Hall–Kier alpha value is -1.02. The van der Waals surface area contributed by atoms with E-state index in [1.165, 1.54) is 17.5 Å². The third kappa shape index (κ3) is 14.1. The van der Waals surface area contributed by atoms with Crippen molar-refractivity contribution in [3.63, 3.8) is 0 Å². The average Bonchev–Trinajstić information content (AvgIpc) is 2.83. The normalized spacial score (nSPS) is 15.5. The first-order valence-electron chi connectivity index (χ1n) is 13.0. The summed E-state index contributed by atoms with van der Waals surface area (Å²) in [6, 6.07) is 9.06. The predicted octanol–water partition coefficient (Wildman–Crippen LogP) is 3.87. The summed E-state index contributed by atoms with van der Waals surface area (Å²) in [5.41, 5.74) is 2.83. The van der Waals surface area contributed by atoms with Crippen LogP contribution in [0, 0.1) is 5.92 Å². The summed E-state index contributed by atoms with van der Waals surface area (Å²) < 4.78 is 22.4. The predicted molar refractivity (Wildman–Crippen MR) is 135 cm³/mol. The Bertz CT molecular complexity index is 574. The molecule has 1 saturated heterocycles. The Morgan fingerprint density at radius 2 is 1.15 bits per heavy atom. The molecule has 0 aromatic heterocycles.